The second kappa shape index (κ2) is 18.6. The number of rotatable bonds is 0. The van der Waals surface area contributed by atoms with Gasteiger partial charge in [0.2, 0.25) is 0 Å². The van der Waals surface area contributed by atoms with E-state index in [2.05, 4.69) is 9.58 Å². The van der Waals surface area contributed by atoms with Crippen LogP contribution in [0.5, 0.6) is 0 Å². The zero-order valence-electron chi connectivity index (χ0n) is 3.36. The maximum Gasteiger partial charge on any atom is 0 e. The molecule has 0 aromatic heterocycles. The molecule has 4 heteroatoms. The first-order valence-corrected chi connectivity index (χ1v) is 3.24. The van der Waals surface area contributed by atoms with Crippen molar-refractivity contribution in [1.29, 1.82) is 0 Å². The molecular formula is HLiNbSTi. The summed E-state index contributed by atoms with van der Waals surface area (Å²) in [6.45, 7) is 0. The molecule has 0 rings (SSSR count). The predicted octanol–water partition coefficient (Wildman–Crippen LogP) is -2.24. The van der Waals surface area contributed by atoms with E-state index in [9.17, 15) is 0 Å². The van der Waals surface area contributed by atoms with Gasteiger partial charge in [0.1, 0.15) is 0 Å². The van der Waals surface area contributed by atoms with Crippen LogP contribution in [0.25, 0.3) is 0 Å². The molecule has 0 heterocycles. The van der Waals surface area contributed by atoms with Crippen LogP contribution in [0, 0.1) is 0 Å². The fraction of sp³-hybridized carbons (Fsp3) is 0. The largest absolute Gasteiger partial charge is 0 e. The van der Waals surface area contributed by atoms with Crippen molar-refractivity contribution in [1.82, 2.24) is 0 Å². The molecule has 0 amide bonds. The average Bonchev–Trinajstić information content (AvgIpc) is 1.00. The van der Waals surface area contributed by atoms with Crippen LogP contribution in [-0.4, -0.2) is 0 Å². The summed E-state index contributed by atoms with van der Waals surface area (Å²) in [6.07, 6.45) is 0. The summed E-state index contributed by atoms with van der Waals surface area (Å²) >= 11 is 1.33. The summed E-state index contributed by atoms with van der Waals surface area (Å²) in [5.74, 6) is 0. The maximum absolute atomic E-state index is 4.13. The van der Waals surface area contributed by atoms with Crippen LogP contribution >= 0.6 is 9.58 Å². The maximum atomic E-state index is 4.13. The van der Waals surface area contributed by atoms with Gasteiger partial charge in [0.15, 0.2) is 0 Å². The normalized spacial score (nSPS) is 0.750. The molecule has 0 N–H and O–H groups in total. The zero-order valence-corrected chi connectivity index (χ0v) is 6.93. The Balaban J connectivity index is -0.00000000167. The van der Waals surface area contributed by atoms with E-state index in [1.54, 1.807) is 0 Å². The smallest absolute Gasteiger partial charge is 0 e. The van der Waals surface area contributed by atoms with Gasteiger partial charge in [-0.15, -0.1) is 0 Å². The van der Waals surface area contributed by atoms with Crippen molar-refractivity contribution in [3.05, 3.63) is 0 Å². The van der Waals surface area contributed by atoms with Crippen LogP contribution < -0.4 is 18.9 Å². The minimum absolute atomic E-state index is 0. The average molecular weight is 181 g/mol. The standard InChI is InChI=1S/Li.Nb.S.Ti.H/q+1;;;;-1. The third kappa shape index (κ3) is 8.86. The molecule has 4 heavy (non-hydrogen) atoms. The summed E-state index contributed by atoms with van der Waals surface area (Å²) in [7, 11) is 4.13. The van der Waals surface area contributed by atoms with Crippen molar-refractivity contribution in [3.63, 3.8) is 0 Å². The molecule has 0 aliphatic heterocycles. The summed E-state index contributed by atoms with van der Waals surface area (Å²) in [4.78, 5) is 0. The van der Waals surface area contributed by atoms with Crippen molar-refractivity contribution in [3.8, 4) is 0 Å². The summed E-state index contributed by atoms with van der Waals surface area (Å²) in [5, 5.41) is 0. The van der Waals surface area contributed by atoms with E-state index in [1.807, 2.05) is 0 Å². The van der Waals surface area contributed by atoms with Crippen LogP contribution in [0.4, 0.5) is 0 Å². The van der Waals surface area contributed by atoms with Crippen molar-refractivity contribution < 1.29 is 61.2 Å². The van der Waals surface area contributed by atoms with E-state index in [1.165, 1.54) is 19.2 Å². The SMILES string of the molecule is [H-].[Li+].[S]=[Nb].[Ti]. The van der Waals surface area contributed by atoms with Crippen LogP contribution in [-0.2, 0) is 40.9 Å². The first kappa shape index (κ1) is 16.3. The molecule has 0 aliphatic carbocycles. The Morgan fingerprint density at radius 3 is 1.50 bits per heavy atom. The predicted molar refractivity (Wildman–Crippen MR) is 8.70 cm³/mol. The van der Waals surface area contributed by atoms with Gasteiger partial charge < -0.3 is 1.43 Å². The molecule has 0 atom stereocenters. The summed E-state index contributed by atoms with van der Waals surface area (Å²) in [5.41, 5.74) is 0. The Morgan fingerprint density at radius 1 is 1.50 bits per heavy atom. The molecule has 0 spiro atoms. The van der Waals surface area contributed by atoms with Gasteiger partial charge in [-0.05, 0) is 0 Å². The molecule has 0 nitrogen and oxygen atoms in total. The van der Waals surface area contributed by atoms with E-state index < -0.39 is 0 Å². The van der Waals surface area contributed by atoms with Crippen LogP contribution in [0.2, 0.25) is 0 Å². The van der Waals surface area contributed by atoms with Crippen LogP contribution in [0.15, 0.2) is 0 Å². The number of hydrogen-bond acceptors (Lipinski definition) is 1. The van der Waals surface area contributed by atoms with Gasteiger partial charge in [-0.3, -0.25) is 0 Å². The molecule has 0 saturated heterocycles. The second-order valence-electron chi connectivity index (χ2n) is 0. The molecule has 0 fully saturated rings. The van der Waals surface area contributed by atoms with Gasteiger partial charge >= 0.3 is 47.6 Å². The fourth-order valence-electron chi connectivity index (χ4n) is 0. The van der Waals surface area contributed by atoms with Gasteiger partial charge in [-0.25, -0.2) is 0 Å². The monoisotopic (exact) mass is 181 g/mol. The van der Waals surface area contributed by atoms with Crippen molar-refractivity contribution in [2.75, 3.05) is 0 Å². The van der Waals surface area contributed by atoms with Gasteiger partial charge in [0.25, 0.3) is 0 Å². The van der Waals surface area contributed by atoms with Crippen molar-refractivity contribution in [2.45, 2.75) is 0 Å². The van der Waals surface area contributed by atoms with Gasteiger partial charge in [0.05, 0.1) is 0 Å². The van der Waals surface area contributed by atoms with Gasteiger partial charge in [-0.2, -0.15) is 0 Å². The van der Waals surface area contributed by atoms with E-state index in [0.29, 0.717) is 0 Å². The van der Waals surface area contributed by atoms with E-state index in [4.69, 9.17) is 0 Å². The Morgan fingerprint density at radius 2 is 1.50 bits per heavy atom. The molecule has 0 radical (unpaired) electrons. The quantitative estimate of drug-likeness (QED) is 0.380. The van der Waals surface area contributed by atoms with E-state index in [-0.39, 0.29) is 42.0 Å². The Kier molecular flexibility index (Phi) is 75.9. The van der Waals surface area contributed by atoms with Crippen molar-refractivity contribution in [2.24, 2.45) is 0 Å². The molecule has 0 saturated carbocycles. The van der Waals surface area contributed by atoms with Crippen molar-refractivity contribution >= 4 is 9.58 Å². The summed E-state index contributed by atoms with van der Waals surface area (Å²) in [6, 6.07) is 0. The minimum atomic E-state index is 0. The summed E-state index contributed by atoms with van der Waals surface area (Å²) < 4.78 is 0. The topological polar surface area (TPSA) is 0 Å². The fourth-order valence-corrected chi connectivity index (χ4v) is 0. The second-order valence-corrected chi connectivity index (χ2v) is 0. The Hall–Kier alpha value is 2.27. The first-order valence-electron chi connectivity index (χ1n) is 0.183. The third-order valence-corrected chi connectivity index (χ3v) is 0. The Labute approximate surface area is 69.9 Å². The molecule has 0 aliphatic rings. The molecule has 0 bridgehead atoms. The Bertz CT molecular complexity index is 11.6. The first-order chi connectivity index (χ1) is 1.00. The van der Waals surface area contributed by atoms with Crippen LogP contribution in [0.3, 0.4) is 0 Å². The van der Waals surface area contributed by atoms with E-state index in [0.717, 1.165) is 0 Å². The van der Waals surface area contributed by atoms with Gasteiger partial charge in [-0.1, -0.05) is 0 Å². The zero-order chi connectivity index (χ0) is 2.00. The number of hydrogen-bond donors (Lipinski definition) is 0. The third-order valence-electron chi connectivity index (χ3n) is 0. The van der Waals surface area contributed by atoms with E-state index >= 15 is 0 Å². The molecule has 17 valence electrons. The molecule has 0 aromatic rings. The molecular weight excluding hydrogens is 180 g/mol. The molecule has 0 unspecified atom stereocenters. The van der Waals surface area contributed by atoms with Crippen LogP contribution in [0.1, 0.15) is 1.43 Å². The van der Waals surface area contributed by atoms with Gasteiger partial charge in [0, 0.05) is 21.7 Å². The molecule has 0 aromatic carbocycles. The minimum Gasteiger partial charge on any atom is 0 e.